The number of hydrogen-bond donors (Lipinski definition) is 1. The van der Waals surface area contributed by atoms with Gasteiger partial charge in [0.2, 0.25) is 0 Å². The normalized spacial score (nSPS) is 17.4. The zero-order valence-corrected chi connectivity index (χ0v) is 20.1. The summed E-state index contributed by atoms with van der Waals surface area (Å²) >= 11 is 0. The Morgan fingerprint density at radius 3 is 2.34 bits per heavy atom. The maximum absolute atomic E-state index is 13.5. The lowest BCUT2D eigenvalue weighted by Gasteiger charge is -2.25. The van der Waals surface area contributed by atoms with E-state index in [9.17, 15) is 14.7 Å². The molecule has 1 saturated heterocycles. The van der Waals surface area contributed by atoms with Crippen LogP contribution in [0.2, 0.25) is 0 Å². The summed E-state index contributed by atoms with van der Waals surface area (Å²) in [6.07, 6.45) is 1.93. The predicted molar refractivity (Wildman–Crippen MR) is 137 cm³/mol. The Kier molecular flexibility index (Phi) is 5.44. The number of rotatable bonds is 4. The zero-order valence-electron chi connectivity index (χ0n) is 20.1. The maximum Gasteiger partial charge on any atom is 0.300 e. The molecule has 1 aromatic heterocycles. The van der Waals surface area contributed by atoms with Crippen LogP contribution in [0.4, 0.5) is 5.69 Å². The molecule has 0 bridgehead atoms. The van der Waals surface area contributed by atoms with Gasteiger partial charge in [0.25, 0.3) is 11.7 Å². The molecule has 4 aromatic rings. The van der Waals surface area contributed by atoms with E-state index >= 15 is 0 Å². The van der Waals surface area contributed by atoms with Gasteiger partial charge in [0, 0.05) is 41.0 Å². The number of aliphatic hydroxyl groups is 1. The van der Waals surface area contributed by atoms with Crippen molar-refractivity contribution in [1.82, 2.24) is 4.57 Å². The number of aliphatic hydroxyl groups excluding tert-OH is 1. The summed E-state index contributed by atoms with van der Waals surface area (Å²) in [6, 6.07) is 19.8. The number of fused-ring (bicyclic) bond motifs is 1. The lowest BCUT2D eigenvalue weighted by molar-refractivity contribution is -0.132. The summed E-state index contributed by atoms with van der Waals surface area (Å²) in [4.78, 5) is 28.4. The van der Waals surface area contributed by atoms with Crippen molar-refractivity contribution in [1.29, 1.82) is 0 Å². The number of hydrogen-bond acceptors (Lipinski definition) is 4. The zero-order chi connectivity index (χ0) is 24.9. The number of Topliss-reactive ketones (excluding diaryl/α,β-unsaturated/α-hetero) is 1. The van der Waals surface area contributed by atoms with Gasteiger partial charge in [-0.3, -0.25) is 14.5 Å². The van der Waals surface area contributed by atoms with Crippen LogP contribution in [0.5, 0.6) is 5.75 Å². The molecule has 2 heterocycles. The lowest BCUT2D eigenvalue weighted by atomic mass is 9.92. The highest BCUT2D eigenvalue weighted by atomic mass is 16.5. The van der Waals surface area contributed by atoms with Crippen molar-refractivity contribution < 1.29 is 19.4 Å². The van der Waals surface area contributed by atoms with Gasteiger partial charge < -0.3 is 14.4 Å². The Morgan fingerprint density at radius 2 is 1.63 bits per heavy atom. The molecule has 1 aliphatic heterocycles. The minimum Gasteiger partial charge on any atom is -0.507 e. The first-order chi connectivity index (χ1) is 16.8. The van der Waals surface area contributed by atoms with Crippen molar-refractivity contribution in [2.24, 2.45) is 7.05 Å². The van der Waals surface area contributed by atoms with E-state index in [2.05, 4.69) is 0 Å². The van der Waals surface area contributed by atoms with Crippen LogP contribution in [0.3, 0.4) is 0 Å². The summed E-state index contributed by atoms with van der Waals surface area (Å²) in [5.74, 6) is -0.881. The molecule has 1 atom stereocenters. The van der Waals surface area contributed by atoms with Gasteiger partial charge in [0.1, 0.15) is 11.5 Å². The standard InChI is InChI=1S/C29H26N2O4/c1-17-15-24(35-4)18(2)14-21(17)27(32)25-26(22-16-30(3)23-13-9-8-12-20(22)23)31(29(34)28(25)33)19-10-6-5-7-11-19/h5-16,26,32H,1-4H3/b27-25+. The fourth-order valence-corrected chi connectivity index (χ4v) is 4.98. The smallest absolute Gasteiger partial charge is 0.300 e. The van der Waals surface area contributed by atoms with E-state index in [0.29, 0.717) is 17.0 Å². The molecule has 1 unspecified atom stereocenters. The first kappa shape index (κ1) is 22.5. The minimum atomic E-state index is -0.787. The van der Waals surface area contributed by atoms with Crippen LogP contribution in [0, 0.1) is 13.8 Å². The first-order valence-electron chi connectivity index (χ1n) is 11.4. The number of amides is 1. The van der Waals surface area contributed by atoms with Crippen LogP contribution in [0.25, 0.3) is 16.7 Å². The number of nitrogens with zero attached hydrogens (tertiary/aromatic N) is 2. The monoisotopic (exact) mass is 466 g/mol. The number of anilines is 1. The van der Waals surface area contributed by atoms with Crippen LogP contribution in [-0.4, -0.2) is 28.5 Å². The third kappa shape index (κ3) is 3.49. The summed E-state index contributed by atoms with van der Waals surface area (Å²) in [6.45, 7) is 3.72. The molecular weight excluding hydrogens is 440 g/mol. The van der Waals surface area contributed by atoms with E-state index in [1.165, 1.54) is 4.90 Å². The molecule has 0 aliphatic carbocycles. The highest BCUT2D eigenvalue weighted by Gasteiger charge is 2.48. The number of aromatic nitrogens is 1. The predicted octanol–water partition coefficient (Wildman–Crippen LogP) is 5.43. The molecule has 176 valence electrons. The number of ether oxygens (including phenoxy) is 1. The average molecular weight is 467 g/mol. The Morgan fingerprint density at radius 1 is 0.943 bits per heavy atom. The minimum absolute atomic E-state index is 0.0721. The van der Waals surface area contributed by atoms with Crippen LogP contribution in [0.1, 0.15) is 28.3 Å². The summed E-state index contributed by atoms with van der Waals surface area (Å²) in [7, 11) is 3.52. The molecule has 0 spiro atoms. The quantitative estimate of drug-likeness (QED) is 0.247. The summed E-state index contributed by atoms with van der Waals surface area (Å²) in [5.41, 5.74) is 4.47. The summed E-state index contributed by atoms with van der Waals surface area (Å²) in [5, 5.41) is 12.5. The number of benzene rings is 3. The molecule has 0 radical (unpaired) electrons. The Labute approximate surface area is 203 Å². The second-order valence-electron chi connectivity index (χ2n) is 8.85. The molecule has 1 fully saturated rings. The van der Waals surface area contributed by atoms with Crippen molar-refractivity contribution in [3.63, 3.8) is 0 Å². The average Bonchev–Trinajstić information content (AvgIpc) is 3.33. The lowest BCUT2D eigenvalue weighted by Crippen LogP contribution is -2.29. The van der Waals surface area contributed by atoms with Crippen LogP contribution >= 0.6 is 0 Å². The van der Waals surface area contributed by atoms with Gasteiger partial charge in [-0.15, -0.1) is 0 Å². The molecule has 35 heavy (non-hydrogen) atoms. The first-order valence-corrected chi connectivity index (χ1v) is 11.4. The van der Waals surface area contributed by atoms with Crippen molar-refractivity contribution in [3.8, 4) is 5.75 Å². The SMILES string of the molecule is COc1cc(C)c(/C(O)=C2\C(=O)C(=O)N(c3ccccc3)C2c2cn(C)c3ccccc23)cc1C. The van der Waals surface area contributed by atoms with Gasteiger partial charge in [-0.25, -0.2) is 0 Å². The number of para-hydroxylation sites is 2. The molecule has 6 heteroatoms. The molecule has 1 N–H and O–H groups in total. The van der Waals surface area contributed by atoms with Crippen LogP contribution in [-0.2, 0) is 16.6 Å². The molecule has 1 amide bonds. The van der Waals surface area contributed by atoms with E-state index in [4.69, 9.17) is 4.74 Å². The molecule has 3 aromatic carbocycles. The topological polar surface area (TPSA) is 71.8 Å². The van der Waals surface area contributed by atoms with E-state index in [-0.39, 0.29) is 11.3 Å². The summed E-state index contributed by atoms with van der Waals surface area (Å²) < 4.78 is 7.38. The van der Waals surface area contributed by atoms with Gasteiger partial charge in [-0.05, 0) is 55.3 Å². The van der Waals surface area contributed by atoms with Crippen LogP contribution < -0.4 is 9.64 Å². The van der Waals surface area contributed by atoms with Gasteiger partial charge in [0.05, 0.1) is 18.7 Å². The van der Waals surface area contributed by atoms with E-state index in [1.807, 2.05) is 80.2 Å². The van der Waals surface area contributed by atoms with Gasteiger partial charge in [-0.1, -0.05) is 36.4 Å². The molecular formula is C29H26N2O4. The number of carbonyl (C=O) groups excluding carboxylic acids is 2. The Hall–Kier alpha value is -4.32. The molecule has 6 nitrogen and oxygen atoms in total. The van der Waals surface area contributed by atoms with Crippen LogP contribution in [0.15, 0.2) is 78.5 Å². The molecule has 1 aliphatic rings. The number of carbonyl (C=O) groups is 2. The highest BCUT2D eigenvalue weighted by molar-refractivity contribution is 6.52. The highest BCUT2D eigenvalue weighted by Crippen LogP contribution is 2.45. The molecule has 5 rings (SSSR count). The Balaban J connectivity index is 1.82. The second kappa shape index (κ2) is 8.47. The van der Waals surface area contributed by atoms with Crippen molar-refractivity contribution in [2.45, 2.75) is 19.9 Å². The molecule has 0 saturated carbocycles. The fourth-order valence-electron chi connectivity index (χ4n) is 4.98. The van der Waals surface area contributed by atoms with Gasteiger partial charge in [0.15, 0.2) is 0 Å². The van der Waals surface area contributed by atoms with Gasteiger partial charge in [-0.2, -0.15) is 0 Å². The van der Waals surface area contributed by atoms with E-state index in [0.717, 1.165) is 27.6 Å². The second-order valence-corrected chi connectivity index (χ2v) is 8.85. The number of aryl methyl sites for hydroxylation is 3. The third-order valence-electron chi connectivity index (χ3n) is 6.70. The number of methoxy groups -OCH3 is 1. The Bertz CT molecular complexity index is 1510. The van der Waals surface area contributed by atoms with Gasteiger partial charge >= 0.3 is 0 Å². The fraction of sp³-hybridized carbons (Fsp3) is 0.172. The van der Waals surface area contributed by atoms with Crippen molar-refractivity contribution in [3.05, 3.63) is 101 Å². The van der Waals surface area contributed by atoms with E-state index < -0.39 is 17.7 Å². The van der Waals surface area contributed by atoms with Crippen molar-refractivity contribution in [2.75, 3.05) is 12.0 Å². The number of ketones is 1. The largest absolute Gasteiger partial charge is 0.507 e. The third-order valence-corrected chi connectivity index (χ3v) is 6.70. The van der Waals surface area contributed by atoms with E-state index in [1.54, 1.807) is 25.3 Å². The maximum atomic E-state index is 13.5. The van der Waals surface area contributed by atoms with Crippen molar-refractivity contribution >= 4 is 34.0 Å².